The van der Waals surface area contributed by atoms with Crippen molar-refractivity contribution in [2.45, 2.75) is 5.41 Å². The van der Waals surface area contributed by atoms with Gasteiger partial charge < -0.3 is 8.83 Å². The average molecular weight is 958 g/mol. The highest BCUT2D eigenvalue weighted by atomic mass is 16.3. The van der Waals surface area contributed by atoms with Crippen molar-refractivity contribution in [1.29, 1.82) is 5.41 Å². The first-order valence-electron chi connectivity index (χ1n) is 25.4. The molecule has 0 bridgehead atoms. The number of fused-ring (bicyclic) bond motifs is 16. The van der Waals surface area contributed by atoms with Crippen LogP contribution >= 0.6 is 0 Å². The molecule has 0 amide bonds. The Balaban J connectivity index is 0.791. The molecule has 0 unspecified atom stereocenters. The van der Waals surface area contributed by atoms with E-state index in [-0.39, 0.29) is 5.84 Å². The van der Waals surface area contributed by atoms with Gasteiger partial charge in [-0.2, -0.15) is 0 Å². The quantitative estimate of drug-likeness (QED) is 0.133. The third-order valence-corrected chi connectivity index (χ3v) is 15.5. The number of amidine groups is 2. The van der Waals surface area contributed by atoms with Gasteiger partial charge in [-0.3, -0.25) is 5.41 Å². The number of rotatable bonds is 6. The molecular formula is C70H43N3O2. The van der Waals surface area contributed by atoms with Gasteiger partial charge in [0, 0.05) is 44.4 Å². The molecular weight excluding hydrogens is 915 g/mol. The van der Waals surface area contributed by atoms with Gasteiger partial charge in [0.1, 0.15) is 22.3 Å². The van der Waals surface area contributed by atoms with Crippen molar-refractivity contribution in [1.82, 2.24) is 0 Å². The molecule has 0 saturated heterocycles. The topological polar surface area (TPSA) is 74.8 Å². The average Bonchev–Trinajstić information content (AvgIpc) is 4.22. The van der Waals surface area contributed by atoms with E-state index in [9.17, 15) is 5.41 Å². The highest BCUT2D eigenvalue weighted by Crippen LogP contribution is 2.63. The second-order valence-electron chi connectivity index (χ2n) is 19.6. The maximum atomic E-state index is 9.32. The molecule has 13 aromatic rings. The fourth-order valence-electron chi connectivity index (χ4n) is 12.1. The van der Waals surface area contributed by atoms with E-state index in [4.69, 9.17) is 18.8 Å². The van der Waals surface area contributed by atoms with Crippen LogP contribution in [0.3, 0.4) is 0 Å². The molecule has 2 aromatic heterocycles. The summed E-state index contributed by atoms with van der Waals surface area (Å²) in [6, 6.07) is 87.5. The van der Waals surface area contributed by atoms with Crippen LogP contribution in [0.1, 0.15) is 38.9 Å². The third-order valence-electron chi connectivity index (χ3n) is 15.5. The van der Waals surface area contributed by atoms with Crippen LogP contribution in [0.2, 0.25) is 0 Å². The molecule has 5 heteroatoms. The van der Waals surface area contributed by atoms with Gasteiger partial charge in [0.2, 0.25) is 0 Å². The number of para-hydroxylation sites is 1. The summed E-state index contributed by atoms with van der Waals surface area (Å²) in [4.78, 5) is 10.0. The molecule has 2 aliphatic carbocycles. The normalized spacial score (nSPS) is 13.3. The van der Waals surface area contributed by atoms with Crippen molar-refractivity contribution < 1.29 is 8.83 Å². The van der Waals surface area contributed by atoms with Crippen LogP contribution in [-0.4, -0.2) is 17.9 Å². The number of furan rings is 2. The molecule has 0 atom stereocenters. The van der Waals surface area contributed by atoms with Crippen LogP contribution in [0.15, 0.2) is 268 Å². The van der Waals surface area contributed by atoms with Gasteiger partial charge in [-0.25, -0.2) is 9.98 Å². The minimum Gasteiger partial charge on any atom is -0.456 e. The zero-order chi connectivity index (χ0) is 49.6. The summed E-state index contributed by atoms with van der Waals surface area (Å²) in [7, 11) is 0. The second-order valence-corrected chi connectivity index (χ2v) is 19.6. The van der Waals surface area contributed by atoms with Crippen LogP contribution in [0.5, 0.6) is 0 Å². The number of hydrogen-bond acceptors (Lipinski definition) is 3. The number of hydrogen-bond donors (Lipinski definition) is 1. The number of nitrogens with zero attached hydrogens (tertiary/aromatic N) is 2. The van der Waals surface area contributed by atoms with Crippen molar-refractivity contribution in [2.75, 3.05) is 0 Å². The van der Waals surface area contributed by atoms with Crippen molar-refractivity contribution in [3.05, 3.63) is 288 Å². The Morgan fingerprint density at radius 1 is 0.360 bits per heavy atom. The Morgan fingerprint density at radius 2 is 0.893 bits per heavy atom. The number of benzene rings is 11. The monoisotopic (exact) mass is 957 g/mol. The van der Waals surface area contributed by atoms with Crippen LogP contribution in [0.25, 0.3) is 99.5 Å². The summed E-state index contributed by atoms with van der Waals surface area (Å²) >= 11 is 0. The highest BCUT2D eigenvalue weighted by Gasteiger charge is 2.51. The van der Waals surface area contributed by atoms with Crippen LogP contribution in [0, 0.1) is 5.41 Å². The Bertz CT molecular complexity index is 4490. The Labute approximate surface area is 432 Å². The first kappa shape index (κ1) is 42.7. The fraction of sp³-hybridized carbons (Fsp3) is 0.0143. The first-order valence-corrected chi connectivity index (χ1v) is 25.4. The summed E-state index contributed by atoms with van der Waals surface area (Å²) in [6.07, 6.45) is 1.84. The van der Waals surface area contributed by atoms with Gasteiger partial charge in [0.05, 0.1) is 5.41 Å². The van der Waals surface area contributed by atoms with Crippen molar-refractivity contribution in [3.63, 3.8) is 0 Å². The molecule has 0 aliphatic heterocycles. The lowest BCUT2D eigenvalue weighted by Gasteiger charge is -2.30. The standard InChI is InChI=1S/C70H43N3O2/c71-68(49-17-12-16-46(38-49)43-14-2-1-3-15-43)73-69(50-33-36-57-56-22-7-11-26-63(56)75-66(57)41-50)72-42-51-18-13-27-65-67(51)58-39-47(34-37-64(58)74-65)44-28-30-45(31-29-44)48-32-35-55-54-21-6-10-25-61(54)70(62(55)40-48)59-23-8-4-19-52(59)53-20-5-9-24-60(53)70/h1-42,71H. The summed E-state index contributed by atoms with van der Waals surface area (Å²) in [5.74, 6) is 0.488. The maximum Gasteiger partial charge on any atom is 0.161 e. The molecule has 1 N–H and O–H groups in total. The van der Waals surface area contributed by atoms with E-state index in [1.165, 1.54) is 50.1 Å². The lowest BCUT2D eigenvalue weighted by atomic mass is 9.70. The van der Waals surface area contributed by atoms with Gasteiger partial charge in [0.25, 0.3) is 0 Å². The largest absolute Gasteiger partial charge is 0.456 e. The predicted octanol–water partition coefficient (Wildman–Crippen LogP) is 17.7. The molecule has 350 valence electrons. The van der Waals surface area contributed by atoms with E-state index < -0.39 is 5.41 Å². The van der Waals surface area contributed by atoms with Gasteiger partial charge in [-0.1, -0.05) is 200 Å². The smallest absolute Gasteiger partial charge is 0.161 e. The zero-order valence-corrected chi connectivity index (χ0v) is 40.5. The van der Waals surface area contributed by atoms with E-state index in [0.717, 1.165) is 82.8 Å². The third kappa shape index (κ3) is 6.68. The molecule has 2 aliphatic rings. The summed E-state index contributed by atoms with van der Waals surface area (Å²) in [6.45, 7) is 0. The van der Waals surface area contributed by atoms with Crippen LogP contribution in [-0.2, 0) is 5.41 Å². The highest BCUT2D eigenvalue weighted by molar-refractivity contribution is 6.19. The summed E-state index contributed by atoms with van der Waals surface area (Å²) in [5.41, 5.74) is 22.2. The first-order chi connectivity index (χ1) is 37.1. The van der Waals surface area contributed by atoms with Crippen molar-refractivity contribution >= 4 is 61.8 Å². The molecule has 1 spiro atoms. The SMILES string of the molecule is N=C(N=C(N=Cc1cccc2oc3ccc(-c4ccc(-c5ccc6c(c5)C5(c7ccccc7-c7ccccc75)c5ccccc5-6)cc4)cc3c12)c1ccc2c(c1)oc1ccccc12)c1cccc(-c2ccccc2)c1. The Morgan fingerprint density at radius 3 is 1.64 bits per heavy atom. The van der Waals surface area contributed by atoms with Gasteiger partial charge in [-0.05, 0) is 126 Å². The number of nitrogens with one attached hydrogen (secondary N) is 1. The molecule has 15 rings (SSSR count). The zero-order valence-electron chi connectivity index (χ0n) is 40.5. The molecule has 0 saturated carbocycles. The van der Waals surface area contributed by atoms with E-state index in [1.807, 2.05) is 91.1 Å². The Kier molecular flexibility index (Phi) is 9.57. The van der Waals surface area contributed by atoms with E-state index >= 15 is 0 Å². The van der Waals surface area contributed by atoms with Crippen LogP contribution in [0.4, 0.5) is 0 Å². The van der Waals surface area contributed by atoms with Crippen LogP contribution < -0.4 is 0 Å². The van der Waals surface area contributed by atoms with Gasteiger partial charge in [0.15, 0.2) is 11.7 Å². The molecule has 0 fully saturated rings. The van der Waals surface area contributed by atoms with E-state index in [1.54, 1.807) is 0 Å². The Hall–Kier alpha value is -9.97. The summed E-state index contributed by atoms with van der Waals surface area (Å²) in [5, 5.41) is 13.3. The fourth-order valence-corrected chi connectivity index (χ4v) is 12.1. The lowest BCUT2D eigenvalue weighted by Crippen LogP contribution is -2.25. The van der Waals surface area contributed by atoms with Gasteiger partial charge >= 0.3 is 0 Å². The second kappa shape index (κ2) is 16.8. The molecule has 0 radical (unpaired) electrons. The molecule has 5 nitrogen and oxygen atoms in total. The molecule has 11 aromatic carbocycles. The minimum atomic E-state index is -0.391. The van der Waals surface area contributed by atoms with E-state index in [0.29, 0.717) is 11.4 Å². The van der Waals surface area contributed by atoms with Crippen molar-refractivity contribution in [2.24, 2.45) is 9.98 Å². The lowest BCUT2D eigenvalue weighted by molar-refractivity contribution is 0.668. The van der Waals surface area contributed by atoms with Gasteiger partial charge in [-0.15, -0.1) is 0 Å². The molecule has 75 heavy (non-hydrogen) atoms. The summed E-state index contributed by atoms with van der Waals surface area (Å²) < 4.78 is 12.8. The molecule has 2 heterocycles. The van der Waals surface area contributed by atoms with E-state index in [2.05, 4.69) is 164 Å². The number of aliphatic imine (C=N–C) groups is 2. The van der Waals surface area contributed by atoms with Crippen molar-refractivity contribution in [3.8, 4) is 55.6 Å². The predicted molar refractivity (Wildman–Crippen MR) is 307 cm³/mol. The maximum absolute atomic E-state index is 9.32. The minimum absolute atomic E-state index is 0.100.